The van der Waals surface area contributed by atoms with Crippen molar-refractivity contribution in [3.8, 4) is 0 Å². The molecule has 2 atom stereocenters. The van der Waals surface area contributed by atoms with Gasteiger partial charge < -0.3 is 15.3 Å². The van der Waals surface area contributed by atoms with E-state index < -0.39 is 6.10 Å². The average molecular weight is 337 g/mol. The van der Waals surface area contributed by atoms with Gasteiger partial charge in [0.1, 0.15) is 5.82 Å². The zero-order valence-electron chi connectivity index (χ0n) is 14.3. The lowest BCUT2D eigenvalue weighted by Gasteiger charge is -2.36. The number of halogens is 1. The van der Waals surface area contributed by atoms with Crippen LogP contribution < -0.4 is 5.32 Å². The second-order valence-electron chi connectivity index (χ2n) is 6.42. The van der Waals surface area contributed by atoms with Crippen molar-refractivity contribution < 1.29 is 19.1 Å². The number of hydrogen-bond donors (Lipinski definition) is 2. The molecule has 7 heteroatoms. The van der Waals surface area contributed by atoms with Crippen molar-refractivity contribution in [3.05, 3.63) is 35.1 Å². The van der Waals surface area contributed by atoms with Crippen LogP contribution in [0.1, 0.15) is 22.3 Å². The molecule has 1 aromatic carbocycles. The quantitative estimate of drug-likeness (QED) is 0.834. The number of piperidine rings is 1. The largest absolute Gasteiger partial charge is 0.390 e. The number of hydrogen-bond acceptors (Lipinski definition) is 4. The minimum absolute atomic E-state index is 0.0216. The summed E-state index contributed by atoms with van der Waals surface area (Å²) in [5.41, 5.74) is 0.949. The van der Waals surface area contributed by atoms with Crippen LogP contribution in [0.25, 0.3) is 0 Å². The molecule has 0 radical (unpaired) electrons. The Labute approximate surface area is 141 Å². The van der Waals surface area contributed by atoms with Crippen molar-refractivity contribution in [2.24, 2.45) is 0 Å². The van der Waals surface area contributed by atoms with Crippen molar-refractivity contribution in [3.63, 3.8) is 0 Å². The van der Waals surface area contributed by atoms with Crippen LogP contribution in [-0.2, 0) is 4.79 Å². The Morgan fingerprint density at radius 2 is 2.12 bits per heavy atom. The van der Waals surface area contributed by atoms with Crippen LogP contribution >= 0.6 is 0 Å². The van der Waals surface area contributed by atoms with Crippen molar-refractivity contribution >= 4 is 11.8 Å². The highest BCUT2D eigenvalue weighted by atomic mass is 19.1. The molecule has 1 aliphatic rings. The molecule has 0 unspecified atom stereocenters. The maximum Gasteiger partial charge on any atom is 0.251 e. The smallest absolute Gasteiger partial charge is 0.251 e. The van der Waals surface area contributed by atoms with Gasteiger partial charge in [0, 0.05) is 32.7 Å². The summed E-state index contributed by atoms with van der Waals surface area (Å²) in [5, 5.41) is 13.1. The molecule has 6 nitrogen and oxygen atoms in total. The van der Waals surface area contributed by atoms with Gasteiger partial charge in [-0.05, 0) is 37.1 Å². The first-order valence-electron chi connectivity index (χ1n) is 7.95. The monoisotopic (exact) mass is 337 g/mol. The molecular formula is C17H24FN3O3. The average Bonchev–Trinajstić information content (AvgIpc) is 2.49. The number of aliphatic hydroxyl groups excluding tert-OH is 1. The topological polar surface area (TPSA) is 72.9 Å². The Morgan fingerprint density at radius 1 is 1.42 bits per heavy atom. The fraction of sp³-hybridized carbons (Fsp3) is 0.529. The summed E-state index contributed by atoms with van der Waals surface area (Å²) in [7, 11) is 3.38. The molecule has 1 aliphatic heterocycles. The Morgan fingerprint density at radius 3 is 2.71 bits per heavy atom. The van der Waals surface area contributed by atoms with Crippen molar-refractivity contribution in [2.75, 3.05) is 33.7 Å². The predicted octanol–water partition coefficient (Wildman–Crippen LogP) is 0.387. The highest BCUT2D eigenvalue weighted by molar-refractivity contribution is 5.95. The number of carbonyl (C=O) groups is 2. The number of carbonyl (C=O) groups excluding carboxylic acids is 2. The van der Waals surface area contributed by atoms with Crippen LogP contribution in [0.3, 0.4) is 0 Å². The first kappa shape index (κ1) is 18.4. The maximum absolute atomic E-state index is 13.1. The van der Waals surface area contributed by atoms with Gasteiger partial charge in [-0.2, -0.15) is 0 Å². The molecule has 1 aromatic rings. The zero-order valence-corrected chi connectivity index (χ0v) is 14.3. The number of nitrogens with one attached hydrogen (secondary N) is 1. The van der Waals surface area contributed by atoms with Crippen molar-refractivity contribution in [1.82, 2.24) is 15.1 Å². The number of likely N-dealkylation sites (tertiary alicyclic amines) is 1. The van der Waals surface area contributed by atoms with E-state index in [0.29, 0.717) is 30.6 Å². The van der Waals surface area contributed by atoms with Gasteiger partial charge in [0.25, 0.3) is 5.91 Å². The summed E-state index contributed by atoms with van der Waals surface area (Å²) in [6, 6.07) is 3.61. The third kappa shape index (κ3) is 4.52. The van der Waals surface area contributed by atoms with Gasteiger partial charge in [-0.1, -0.05) is 0 Å². The van der Waals surface area contributed by atoms with Gasteiger partial charge >= 0.3 is 0 Å². The van der Waals surface area contributed by atoms with E-state index in [9.17, 15) is 19.1 Å². The number of benzene rings is 1. The molecule has 1 heterocycles. The molecule has 0 saturated carbocycles. The van der Waals surface area contributed by atoms with E-state index in [0.717, 1.165) is 0 Å². The molecule has 1 fully saturated rings. The zero-order chi connectivity index (χ0) is 17.9. The van der Waals surface area contributed by atoms with Crippen molar-refractivity contribution in [2.45, 2.75) is 25.5 Å². The lowest BCUT2D eigenvalue weighted by molar-refractivity contribution is -0.130. The van der Waals surface area contributed by atoms with Gasteiger partial charge in [0.2, 0.25) is 5.91 Å². The van der Waals surface area contributed by atoms with Gasteiger partial charge in [-0.3, -0.25) is 14.5 Å². The Bertz CT molecular complexity index is 621. The first-order valence-corrected chi connectivity index (χ1v) is 7.95. The molecule has 24 heavy (non-hydrogen) atoms. The number of amides is 2. The molecule has 132 valence electrons. The molecule has 0 aromatic heterocycles. The highest BCUT2D eigenvalue weighted by Crippen LogP contribution is 2.14. The summed E-state index contributed by atoms with van der Waals surface area (Å²) in [5.74, 6) is -0.732. The normalized spacial score (nSPS) is 21.4. The summed E-state index contributed by atoms with van der Waals surface area (Å²) in [4.78, 5) is 27.4. The molecule has 0 bridgehead atoms. The Kier molecular flexibility index (Phi) is 5.90. The number of aryl methyl sites for hydroxylation is 1. The SMILES string of the molecule is Cc1cc(F)ccc1C(=O)N[C@@H]1CCN(CC(=O)N(C)C)C[C@H]1O. The van der Waals surface area contributed by atoms with E-state index >= 15 is 0 Å². The van der Waals surface area contributed by atoms with Gasteiger partial charge in [0.15, 0.2) is 0 Å². The highest BCUT2D eigenvalue weighted by Gasteiger charge is 2.30. The van der Waals surface area contributed by atoms with E-state index in [-0.39, 0.29) is 30.2 Å². The summed E-state index contributed by atoms with van der Waals surface area (Å²) < 4.78 is 13.1. The second-order valence-corrected chi connectivity index (χ2v) is 6.42. The lowest BCUT2D eigenvalue weighted by atomic mass is 10.0. The predicted molar refractivity (Wildman–Crippen MR) is 88.1 cm³/mol. The third-order valence-electron chi connectivity index (χ3n) is 4.27. The third-order valence-corrected chi connectivity index (χ3v) is 4.27. The molecular weight excluding hydrogens is 313 g/mol. The Balaban J connectivity index is 1.92. The molecule has 2 amide bonds. The minimum atomic E-state index is -0.751. The van der Waals surface area contributed by atoms with Gasteiger partial charge in [0.05, 0.1) is 18.7 Å². The van der Waals surface area contributed by atoms with E-state index in [1.807, 2.05) is 4.90 Å². The minimum Gasteiger partial charge on any atom is -0.390 e. The summed E-state index contributed by atoms with van der Waals surface area (Å²) in [6.07, 6.45) is -0.202. The van der Waals surface area contributed by atoms with Crippen LogP contribution in [0.4, 0.5) is 4.39 Å². The van der Waals surface area contributed by atoms with Crippen LogP contribution in [0.2, 0.25) is 0 Å². The first-order chi connectivity index (χ1) is 11.3. The second kappa shape index (κ2) is 7.72. The van der Waals surface area contributed by atoms with E-state index in [1.165, 1.54) is 23.1 Å². The number of likely N-dealkylation sites (N-methyl/N-ethyl adjacent to an activating group) is 1. The van der Waals surface area contributed by atoms with Crippen LogP contribution in [-0.4, -0.2) is 72.6 Å². The lowest BCUT2D eigenvalue weighted by Crippen LogP contribution is -2.55. The Hall–Kier alpha value is -1.99. The fourth-order valence-corrected chi connectivity index (χ4v) is 2.77. The summed E-state index contributed by atoms with van der Waals surface area (Å²) >= 11 is 0. The number of rotatable bonds is 4. The maximum atomic E-state index is 13.1. The fourth-order valence-electron chi connectivity index (χ4n) is 2.77. The number of β-amino-alcohol motifs (C(OH)–C–C–N with tert-alkyl or cyclic N) is 1. The molecule has 0 aliphatic carbocycles. The molecule has 2 rings (SSSR count). The van der Waals surface area contributed by atoms with Gasteiger partial charge in [-0.15, -0.1) is 0 Å². The van der Waals surface area contributed by atoms with Crippen LogP contribution in [0, 0.1) is 12.7 Å². The molecule has 0 spiro atoms. The van der Waals surface area contributed by atoms with E-state index in [4.69, 9.17) is 0 Å². The van der Waals surface area contributed by atoms with Crippen LogP contribution in [0.5, 0.6) is 0 Å². The van der Waals surface area contributed by atoms with Gasteiger partial charge in [-0.25, -0.2) is 4.39 Å². The summed E-state index contributed by atoms with van der Waals surface area (Å²) in [6.45, 7) is 2.86. The van der Waals surface area contributed by atoms with Crippen LogP contribution in [0.15, 0.2) is 18.2 Å². The van der Waals surface area contributed by atoms with Crippen molar-refractivity contribution in [1.29, 1.82) is 0 Å². The van der Waals surface area contributed by atoms with E-state index in [1.54, 1.807) is 21.0 Å². The molecule has 1 saturated heterocycles. The standard InChI is InChI=1S/C17H24FN3O3/c1-11-8-12(18)4-5-13(11)17(24)19-14-6-7-21(9-15(14)22)10-16(23)20(2)3/h4-5,8,14-15,22H,6-7,9-10H2,1-3H3,(H,19,24)/t14-,15-/m1/s1. The molecule has 2 N–H and O–H groups in total. The number of nitrogens with zero attached hydrogens (tertiary/aromatic N) is 2. The van der Waals surface area contributed by atoms with E-state index in [2.05, 4.69) is 5.32 Å². The number of aliphatic hydroxyl groups is 1.